The summed E-state index contributed by atoms with van der Waals surface area (Å²) in [5.41, 5.74) is 0.485. The molecular weight excluding hydrogens is 346 g/mol. The van der Waals surface area contributed by atoms with Crippen molar-refractivity contribution in [1.29, 1.82) is 0 Å². The number of rotatable bonds is 5. The SMILES string of the molecule is CC(C)C(O)C(=O)Nc1ncnc2c1ncn2[C@@H]1O[C@H](CO)[C@@H](O)[C@H]1O. The Hall–Kier alpha value is -2.18. The molecule has 1 fully saturated rings. The Morgan fingerprint density at radius 1 is 1.31 bits per heavy atom. The Labute approximate surface area is 148 Å². The first kappa shape index (κ1) is 18.6. The van der Waals surface area contributed by atoms with E-state index in [1.165, 1.54) is 17.2 Å². The molecule has 3 heterocycles. The first-order chi connectivity index (χ1) is 12.3. The normalized spacial score (nSPS) is 27.2. The summed E-state index contributed by atoms with van der Waals surface area (Å²) < 4.78 is 6.85. The van der Waals surface area contributed by atoms with Gasteiger partial charge in [-0.05, 0) is 5.92 Å². The molecule has 1 aliphatic heterocycles. The van der Waals surface area contributed by atoms with Crippen LogP contribution in [0.4, 0.5) is 5.82 Å². The van der Waals surface area contributed by atoms with Crippen molar-refractivity contribution in [1.82, 2.24) is 19.5 Å². The highest BCUT2D eigenvalue weighted by atomic mass is 16.6. The van der Waals surface area contributed by atoms with Crippen LogP contribution < -0.4 is 5.32 Å². The number of aromatic nitrogens is 4. The fraction of sp³-hybridized carbons (Fsp3) is 0.600. The zero-order chi connectivity index (χ0) is 19.0. The van der Waals surface area contributed by atoms with Crippen molar-refractivity contribution in [2.45, 2.75) is 44.5 Å². The van der Waals surface area contributed by atoms with Gasteiger partial charge in [-0.1, -0.05) is 13.8 Å². The number of nitrogens with zero attached hydrogens (tertiary/aromatic N) is 4. The van der Waals surface area contributed by atoms with Gasteiger partial charge in [-0.25, -0.2) is 15.0 Å². The number of hydrogen-bond donors (Lipinski definition) is 5. The van der Waals surface area contributed by atoms with E-state index in [4.69, 9.17) is 4.74 Å². The predicted molar refractivity (Wildman–Crippen MR) is 87.8 cm³/mol. The number of amides is 1. The molecule has 11 heteroatoms. The van der Waals surface area contributed by atoms with Gasteiger partial charge in [-0.15, -0.1) is 0 Å². The van der Waals surface area contributed by atoms with Gasteiger partial charge in [-0.2, -0.15) is 0 Å². The van der Waals surface area contributed by atoms with E-state index in [2.05, 4.69) is 20.3 Å². The summed E-state index contributed by atoms with van der Waals surface area (Å²) in [6.45, 7) is 2.96. The van der Waals surface area contributed by atoms with E-state index in [1.807, 2.05) is 0 Å². The number of fused-ring (bicyclic) bond motifs is 1. The van der Waals surface area contributed by atoms with Crippen molar-refractivity contribution in [3.8, 4) is 0 Å². The van der Waals surface area contributed by atoms with Crippen LogP contribution in [0.5, 0.6) is 0 Å². The van der Waals surface area contributed by atoms with Gasteiger partial charge in [0, 0.05) is 0 Å². The number of aliphatic hydroxyl groups is 4. The summed E-state index contributed by atoms with van der Waals surface area (Å²) in [5.74, 6) is -0.795. The predicted octanol–water partition coefficient (Wildman–Crippen LogP) is -1.61. The van der Waals surface area contributed by atoms with E-state index in [9.17, 15) is 25.2 Å². The van der Waals surface area contributed by atoms with Crippen LogP contribution in [0.25, 0.3) is 11.2 Å². The van der Waals surface area contributed by atoms with Crippen LogP contribution in [0.1, 0.15) is 20.1 Å². The van der Waals surface area contributed by atoms with Crippen LogP contribution in [0.2, 0.25) is 0 Å². The van der Waals surface area contributed by atoms with Crippen LogP contribution in [-0.4, -0.2) is 76.9 Å². The van der Waals surface area contributed by atoms with Crippen molar-refractivity contribution < 1.29 is 30.0 Å². The van der Waals surface area contributed by atoms with E-state index < -0.39 is 43.2 Å². The summed E-state index contributed by atoms with van der Waals surface area (Å²) in [7, 11) is 0. The lowest BCUT2D eigenvalue weighted by molar-refractivity contribution is -0.125. The van der Waals surface area contributed by atoms with E-state index in [0.29, 0.717) is 0 Å². The monoisotopic (exact) mass is 367 g/mol. The molecule has 0 spiro atoms. The molecule has 26 heavy (non-hydrogen) atoms. The van der Waals surface area contributed by atoms with Gasteiger partial charge in [0.2, 0.25) is 0 Å². The number of hydrogen-bond acceptors (Lipinski definition) is 9. The van der Waals surface area contributed by atoms with E-state index in [-0.39, 0.29) is 22.9 Å². The fourth-order valence-corrected chi connectivity index (χ4v) is 2.73. The molecule has 5 atom stereocenters. The smallest absolute Gasteiger partial charge is 0.254 e. The van der Waals surface area contributed by atoms with Crippen molar-refractivity contribution in [3.63, 3.8) is 0 Å². The maximum absolute atomic E-state index is 12.1. The molecule has 1 unspecified atom stereocenters. The van der Waals surface area contributed by atoms with Gasteiger partial charge in [0.1, 0.15) is 30.7 Å². The second kappa shape index (κ2) is 7.21. The molecule has 0 bridgehead atoms. The van der Waals surface area contributed by atoms with Crippen LogP contribution in [0.3, 0.4) is 0 Å². The van der Waals surface area contributed by atoms with Crippen LogP contribution >= 0.6 is 0 Å². The average Bonchev–Trinajstić information content (AvgIpc) is 3.16. The molecule has 142 valence electrons. The number of nitrogens with one attached hydrogen (secondary N) is 1. The Kier molecular flexibility index (Phi) is 5.16. The number of imidazole rings is 1. The van der Waals surface area contributed by atoms with Crippen LogP contribution in [-0.2, 0) is 9.53 Å². The molecule has 0 saturated carbocycles. The van der Waals surface area contributed by atoms with E-state index in [0.717, 1.165) is 0 Å². The molecular formula is C15H21N5O6. The fourth-order valence-electron chi connectivity index (χ4n) is 2.73. The quantitative estimate of drug-likeness (QED) is 0.418. The van der Waals surface area contributed by atoms with Crippen molar-refractivity contribution in [2.24, 2.45) is 5.92 Å². The lowest BCUT2D eigenvalue weighted by atomic mass is 10.1. The minimum atomic E-state index is -1.29. The first-order valence-electron chi connectivity index (χ1n) is 8.14. The first-order valence-corrected chi connectivity index (χ1v) is 8.14. The molecule has 1 aliphatic rings. The molecule has 1 amide bonds. The molecule has 2 aromatic heterocycles. The number of aliphatic hydroxyl groups excluding tert-OH is 4. The van der Waals surface area contributed by atoms with Crippen molar-refractivity contribution in [3.05, 3.63) is 12.7 Å². The zero-order valence-electron chi connectivity index (χ0n) is 14.2. The second-order valence-corrected chi connectivity index (χ2v) is 6.45. The average molecular weight is 367 g/mol. The highest BCUT2D eigenvalue weighted by molar-refractivity contribution is 5.98. The highest BCUT2D eigenvalue weighted by Gasteiger charge is 2.44. The number of carbonyl (C=O) groups is 1. The third-order valence-corrected chi connectivity index (χ3v) is 4.29. The minimum Gasteiger partial charge on any atom is -0.394 e. The van der Waals surface area contributed by atoms with Crippen LogP contribution in [0.15, 0.2) is 12.7 Å². The number of ether oxygens (including phenoxy) is 1. The minimum absolute atomic E-state index is 0.102. The molecule has 5 N–H and O–H groups in total. The zero-order valence-corrected chi connectivity index (χ0v) is 14.2. The summed E-state index contributed by atoms with van der Waals surface area (Å²) in [6.07, 6.45) is -3.18. The molecule has 0 aliphatic carbocycles. The van der Waals surface area contributed by atoms with Gasteiger partial charge in [0.05, 0.1) is 12.9 Å². The van der Waals surface area contributed by atoms with Gasteiger partial charge in [0.15, 0.2) is 23.2 Å². The Balaban J connectivity index is 1.91. The van der Waals surface area contributed by atoms with Gasteiger partial charge >= 0.3 is 0 Å². The topological polar surface area (TPSA) is 163 Å². The number of anilines is 1. The summed E-state index contributed by atoms with van der Waals surface area (Å²) in [4.78, 5) is 24.2. The molecule has 0 aromatic carbocycles. The van der Waals surface area contributed by atoms with Gasteiger partial charge < -0.3 is 30.5 Å². The Bertz CT molecular complexity index is 796. The largest absolute Gasteiger partial charge is 0.394 e. The summed E-state index contributed by atoms with van der Waals surface area (Å²) in [6, 6.07) is 0. The number of carbonyl (C=O) groups excluding carboxylic acids is 1. The van der Waals surface area contributed by atoms with E-state index in [1.54, 1.807) is 13.8 Å². The standard InChI is InChI=1S/C15H21N5O6/c1-6(2)9(22)14(25)19-12-8-13(17-4-16-12)20(5-18-8)15-11(24)10(23)7(3-21)26-15/h4-7,9-11,15,21-24H,3H2,1-2H3,(H,16,17,19,25)/t7-,9?,10-,11-,15-/m1/s1. The van der Waals surface area contributed by atoms with Crippen LogP contribution in [0, 0.1) is 5.92 Å². The molecule has 1 saturated heterocycles. The van der Waals surface area contributed by atoms with Gasteiger partial charge in [0.25, 0.3) is 5.91 Å². The van der Waals surface area contributed by atoms with Crippen molar-refractivity contribution in [2.75, 3.05) is 11.9 Å². The third-order valence-electron chi connectivity index (χ3n) is 4.29. The van der Waals surface area contributed by atoms with Crippen molar-refractivity contribution >= 4 is 22.9 Å². The van der Waals surface area contributed by atoms with Gasteiger partial charge in [-0.3, -0.25) is 9.36 Å². The summed E-state index contributed by atoms with van der Waals surface area (Å²) >= 11 is 0. The molecule has 11 nitrogen and oxygen atoms in total. The maximum Gasteiger partial charge on any atom is 0.254 e. The Morgan fingerprint density at radius 3 is 2.65 bits per heavy atom. The third kappa shape index (κ3) is 3.15. The lowest BCUT2D eigenvalue weighted by Gasteiger charge is -2.16. The maximum atomic E-state index is 12.1. The highest BCUT2D eigenvalue weighted by Crippen LogP contribution is 2.32. The molecule has 3 rings (SSSR count). The Morgan fingerprint density at radius 2 is 2.04 bits per heavy atom. The second-order valence-electron chi connectivity index (χ2n) is 6.45. The summed E-state index contributed by atoms with van der Waals surface area (Å²) in [5, 5.41) is 41.6. The lowest BCUT2D eigenvalue weighted by Crippen LogP contribution is -2.33. The molecule has 0 radical (unpaired) electrons. The molecule has 2 aromatic rings. The van der Waals surface area contributed by atoms with E-state index >= 15 is 0 Å².